The van der Waals surface area contributed by atoms with Gasteiger partial charge in [0.15, 0.2) is 0 Å². The van der Waals surface area contributed by atoms with Gasteiger partial charge in [0.2, 0.25) is 0 Å². The van der Waals surface area contributed by atoms with Crippen LogP contribution in [0.2, 0.25) is 4.34 Å². The second kappa shape index (κ2) is 10.0. The summed E-state index contributed by atoms with van der Waals surface area (Å²) in [7, 11) is 0. The van der Waals surface area contributed by atoms with Crippen molar-refractivity contribution in [2.45, 2.75) is 25.5 Å². The van der Waals surface area contributed by atoms with Gasteiger partial charge in [-0.25, -0.2) is 4.68 Å². The molecule has 0 bridgehead atoms. The standard InChI is InChI=1S/C24H23ClN6O3S/c25-22-9-8-21(35-22)24(34)26-13-16-14-31(28-27-16)19-7-6-17(30-11-2-1-5-23(30)33)12-20(19)29-10-3-4-18(32)15-29/h1-2,5-9,11-12,14,18,32H,3-4,10,13,15H2,(H,26,34)/t18-/m0/s1. The van der Waals surface area contributed by atoms with Crippen LogP contribution in [0.3, 0.4) is 0 Å². The highest BCUT2D eigenvalue weighted by molar-refractivity contribution is 7.17. The molecule has 1 saturated heterocycles. The van der Waals surface area contributed by atoms with Gasteiger partial charge in [-0.05, 0) is 49.2 Å². The molecule has 0 radical (unpaired) electrons. The number of anilines is 1. The smallest absolute Gasteiger partial charge is 0.261 e. The lowest BCUT2D eigenvalue weighted by Gasteiger charge is -2.33. The summed E-state index contributed by atoms with van der Waals surface area (Å²) >= 11 is 7.13. The quantitative estimate of drug-likeness (QED) is 0.413. The van der Waals surface area contributed by atoms with Crippen molar-refractivity contribution in [3.05, 3.63) is 86.2 Å². The second-order valence-electron chi connectivity index (χ2n) is 8.26. The van der Waals surface area contributed by atoms with E-state index in [0.717, 1.165) is 36.4 Å². The third kappa shape index (κ3) is 5.14. The van der Waals surface area contributed by atoms with Crippen LogP contribution in [0.5, 0.6) is 0 Å². The predicted octanol–water partition coefficient (Wildman–Crippen LogP) is 3.02. The van der Waals surface area contributed by atoms with Crippen molar-refractivity contribution in [2.24, 2.45) is 0 Å². The Kier molecular flexibility index (Phi) is 6.67. The van der Waals surface area contributed by atoms with E-state index in [1.54, 1.807) is 39.8 Å². The summed E-state index contributed by atoms with van der Waals surface area (Å²) in [6, 6.07) is 14.1. The Labute approximate surface area is 210 Å². The number of pyridine rings is 1. The highest BCUT2D eigenvalue weighted by Crippen LogP contribution is 2.29. The maximum atomic E-state index is 12.4. The molecule has 0 aliphatic carbocycles. The first-order chi connectivity index (χ1) is 17.0. The maximum absolute atomic E-state index is 12.4. The van der Waals surface area contributed by atoms with Crippen LogP contribution in [0.25, 0.3) is 11.4 Å². The number of carbonyl (C=O) groups is 1. The van der Waals surface area contributed by atoms with Crippen molar-refractivity contribution in [3.63, 3.8) is 0 Å². The fourth-order valence-electron chi connectivity index (χ4n) is 4.11. The number of β-amino-alcohol motifs (C(OH)–C–C–N with tert-alkyl or cyclic N) is 1. The maximum Gasteiger partial charge on any atom is 0.261 e. The van der Waals surface area contributed by atoms with Crippen LogP contribution >= 0.6 is 22.9 Å². The van der Waals surface area contributed by atoms with Gasteiger partial charge in [0.25, 0.3) is 11.5 Å². The molecule has 0 saturated carbocycles. The highest BCUT2D eigenvalue weighted by Gasteiger charge is 2.22. The topological polar surface area (TPSA) is 105 Å². The van der Waals surface area contributed by atoms with Crippen LogP contribution in [0.1, 0.15) is 28.2 Å². The summed E-state index contributed by atoms with van der Waals surface area (Å²) in [6.45, 7) is 1.48. The lowest BCUT2D eigenvalue weighted by Crippen LogP contribution is -2.38. The Morgan fingerprint density at radius 1 is 1.20 bits per heavy atom. The minimum absolute atomic E-state index is 0.129. The summed E-state index contributed by atoms with van der Waals surface area (Å²) in [4.78, 5) is 27.3. The molecular weight excluding hydrogens is 488 g/mol. The zero-order valence-electron chi connectivity index (χ0n) is 18.7. The first-order valence-electron chi connectivity index (χ1n) is 11.2. The van der Waals surface area contributed by atoms with E-state index in [9.17, 15) is 14.7 Å². The zero-order valence-corrected chi connectivity index (χ0v) is 20.2. The average molecular weight is 511 g/mol. The number of nitrogens with zero attached hydrogens (tertiary/aromatic N) is 5. The number of halogens is 1. The molecule has 1 aliphatic heterocycles. The summed E-state index contributed by atoms with van der Waals surface area (Å²) in [5.41, 5.74) is 2.79. The summed E-state index contributed by atoms with van der Waals surface area (Å²) < 4.78 is 3.78. The lowest BCUT2D eigenvalue weighted by atomic mass is 10.1. The molecule has 1 fully saturated rings. The van der Waals surface area contributed by atoms with Crippen molar-refractivity contribution in [1.29, 1.82) is 0 Å². The molecule has 1 amide bonds. The number of piperidine rings is 1. The average Bonchev–Trinajstić information content (AvgIpc) is 3.52. The van der Waals surface area contributed by atoms with Crippen molar-refractivity contribution >= 4 is 34.5 Å². The highest BCUT2D eigenvalue weighted by atomic mass is 35.5. The molecule has 11 heteroatoms. The van der Waals surface area contributed by atoms with Crippen LogP contribution in [-0.2, 0) is 6.54 Å². The minimum atomic E-state index is -0.424. The molecule has 35 heavy (non-hydrogen) atoms. The number of aliphatic hydroxyl groups excluding tert-OH is 1. The molecule has 1 aliphatic rings. The molecule has 5 rings (SSSR count). The molecule has 0 unspecified atom stereocenters. The van der Waals surface area contributed by atoms with Crippen LogP contribution in [0.4, 0.5) is 5.69 Å². The van der Waals surface area contributed by atoms with Gasteiger partial charge in [0.1, 0.15) is 5.69 Å². The van der Waals surface area contributed by atoms with E-state index in [4.69, 9.17) is 11.6 Å². The monoisotopic (exact) mass is 510 g/mol. The molecule has 2 N–H and O–H groups in total. The van der Waals surface area contributed by atoms with Gasteiger partial charge in [-0.15, -0.1) is 16.4 Å². The van der Waals surface area contributed by atoms with Crippen LogP contribution in [0.15, 0.2) is 65.7 Å². The van der Waals surface area contributed by atoms with E-state index in [-0.39, 0.29) is 18.0 Å². The van der Waals surface area contributed by atoms with E-state index < -0.39 is 6.10 Å². The summed E-state index contributed by atoms with van der Waals surface area (Å²) in [5, 5.41) is 21.6. The Morgan fingerprint density at radius 2 is 2.09 bits per heavy atom. The third-order valence-electron chi connectivity index (χ3n) is 5.81. The normalized spacial score (nSPS) is 15.8. The fraction of sp³-hybridized carbons (Fsp3) is 0.250. The molecule has 0 spiro atoms. The van der Waals surface area contributed by atoms with Crippen LogP contribution < -0.4 is 15.8 Å². The minimum Gasteiger partial charge on any atom is -0.391 e. The molecule has 1 aromatic carbocycles. The lowest BCUT2D eigenvalue weighted by molar-refractivity contribution is 0.0954. The van der Waals surface area contributed by atoms with Crippen molar-refractivity contribution in [1.82, 2.24) is 24.9 Å². The molecule has 9 nitrogen and oxygen atoms in total. The van der Waals surface area contributed by atoms with E-state index in [2.05, 4.69) is 20.5 Å². The van der Waals surface area contributed by atoms with Crippen molar-refractivity contribution in [3.8, 4) is 11.4 Å². The zero-order chi connectivity index (χ0) is 24.4. The molecular formula is C24H23ClN6O3S. The number of hydrogen-bond donors (Lipinski definition) is 2. The van der Waals surface area contributed by atoms with Gasteiger partial charge in [-0.1, -0.05) is 22.9 Å². The first kappa shape index (κ1) is 23.3. The van der Waals surface area contributed by atoms with Gasteiger partial charge < -0.3 is 15.3 Å². The molecule has 4 heterocycles. The summed E-state index contributed by atoms with van der Waals surface area (Å²) in [6.07, 6.45) is 4.68. The van der Waals surface area contributed by atoms with Crippen molar-refractivity contribution in [2.75, 3.05) is 18.0 Å². The fourth-order valence-corrected chi connectivity index (χ4v) is 5.07. The Morgan fingerprint density at radius 3 is 2.86 bits per heavy atom. The number of carbonyl (C=O) groups excluding carboxylic acids is 1. The number of aliphatic hydroxyl groups is 1. The summed E-state index contributed by atoms with van der Waals surface area (Å²) in [5.74, 6) is -0.225. The third-order valence-corrected chi connectivity index (χ3v) is 7.04. The van der Waals surface area contributed by atoms with Gasteiger partial charge in [-0.3, -0.25) is 14.2 Å². The number of hydrogen-bond acceptors (Lipinski definition) is 7. The number of aromatic nitrogens is 4. The molecule has 4 aromatic rings. The van der Waals surface area contributed by atoms with E-state index in [1.807, 2.05) is 24.3 Å². The molecule has 3 aromatic heterocycles. The Hall–Kier alpha value is -3.47. The number of benzene rings is 1. The van der Waals surface area contributed by atoms with E-state index in [0.29, 0.717) is 21.5 Å². The first-order valence-corrected chi connectivity index (χ1v) is 12.4. The van der Waals surface area contributed by atoms with Gasteiger partial charge >= 0.3 is 0 Å². The van der Waals surface area contributed by atoms with Gasteiger partial charge in [0, 0.05) is 25.4 Å². The largest absolute Gasteiger partial charge is 0.391 e. The Bertz CT molecular complexity index is 1410. The van der Waals surface area contributed by atoms with Crippen LogP contribution in [-0.4, -0.2) is 49.8 Å². The van der Waals surface area contributed by atoms with Gasteiger partial charge in [0.05, 0.1) is 45.1 Å². The number of nitrogens with one attached hydrogen (secondary N) is 1. The molecule has 180 valence electrons. The second-order valence-corrected chi connectivity index (χ2v) is 9.98. The number of amides is 1. The SMILES string of the molecule is O=C(NCc1cn(-c2ccc(-n3ccccc3=O)cc2N2CCC[C@H](O)C2)nn1)c1ccc(Cl)s1. The van der Waals surface area contributed by atoms with E-state index >= 15 is 0 Å². The number of thiophene rings is 1. The number of rotatable bonds is 6. The van der Waals surface area contributed by atoms with Gasteiger partial charge in [-0.2, -0.15) is 0 Å². The molecule has 1 atom stereocenters. The van der Waals surface area contributed by atoms with E-state index in [1.165, 1.54) is 17.4 Å². The Balaban J connectivity index is 1.43. The predicted molar refractivity (Wildman–Crippen MR) is 135 cm³/mol. The van der Waals surface area contributed by atoms with Crippen molar-refractivity contribution < 1.29 is 9.90 Å². The van der Waals surface area contributed by atoms with Crippen LogP contribution in [0, 0.1) is 0 Å².